The van der Waals surface area contributed by atoms with Crippen LogP contribution in [0.4, 0.5) is 0 Å². The average molecular weight is 778 g/mol. The van der Waals surface area contributed by atoms with Crippen molar-refractivity contribution in [1.29, 1.82) is 5.26 Å². The standard InChI is InChI=1S/C43H44ClN5O7/c1-24-31(5-3-6-32(24)37-18-27-15-25(16-28(20-45)40(27)47-37)23-49-13-11-26(12-14-49)43(53)54)33-7-4-8-35-34(33)9-10-38(35)56-42-36(44)17-29(41(48-42)55-2)21-46-22-30(50)19-39(51)52/h3-8,15-18,26,30,38,46-47,50H,9-14,19,21-23H2,1-2H3,(H,51,52)(H,53,54)/t30-,38-/m0/s1. The summed E-state index contributed by atoms with van der Waals surface area (Å²) < 4.78 is 12.0. The Balaban J connectivity index is 1.10. The van der Waals surface area contributed by atoms with Crippen molar-refractivity contribution in [3.63, 3.8) is 0 Å². The number of piperidine rings is 1. The van der Waals surface area contributed by atoms with Crippen molar-refractivity contribution < 1.29 is 34.4 Å². The van der Waals surface area contributed by atoms with Gasteiger partial charge in [0, 0.05) is 41.8 Å². The molecule has 0 bridgehead atoms. The second kappa shape index (κ2) is 16.7. The molecule has 2 atom stereocenters. The predicted octanol–water partition coefficient (Wildman–Crippen LogP) is 7.03. The number of nitriles is 1. The molecule has 7 rings (SSSR count). The molecule has 3 heterocycles. The summed E-state index contributed by atoms with van der Waals surface area (Å²) in [6.45, 7) is 4.56. The Morgan fingerprint density at radius 2 is 1.80 bits per heavy atom. The van der Waals surface area contributed by atoms with Gasteiger partial charge in [0.25, 0.3) is 0 Å². The highest BCUT2D eigenvalue weighted by molar-refractivity contribution is 6.31. The SMILES string of the molecule is COc1nc(O[C@H]2CCc3c(-c4cccc(-c5cc6cc(CN7CCC(C(=O)O)CC7)cc(C#N)c6[nH]5)c4C)cccc32)c(Cl)cc1CNC[C@@H](O)CC(=O)O. The van der Waals surface area contributed by atoms with E-state index < -0.39 is 18.0 Å². The summed E-state index contributed by atoms with van der Waals surface area (Å²) in [5, 5.41) is 42.6. The molecule has 0 unspecified atom stereocenters. The van der Waals surface area contributed by atoms with Crippen LogP contribution in [0, 0.1) is 24.2 Å². The molecule has 1 aliphatic carbocycles. The molecule has 0 spiro atoms. The summed E-state index contributed by atoms with van der Waals surface area (Å²) in [6.07, 6.45) is 1.12. The van der Waals surface area contributed by atoms with Gasteiger partial charge in [-0.2, -0.15) is 10.2 Å². The van der Waals surface area contributed by atoms with Gasteiger partial charge in [-0.15, -0.1) is 0 Å². The number of hydrogen-bond acceptors (Lipinski definition) is 9. The van der Waals surface area contributed by atoms with E-state index >= 15 is 0 Å². The Kier molecular flexibility index (Phi) is 11.6. The molecule has 0 amide bonds. The van der Waals surface area contributed by atoms with Crippen molar-refractivity contribution in [3.05, 3.63) is 99.1 Å². The van der Waals surface area contributed by atoms with Gasteiger partial charge in [-0.1, -0.05) is 48.0 Å². The highest BCUT2D eigenvalue weighted by Gasteiger charge is 2.29. The van der Waals surface area contributed by atoms with Crippen LogP contribution in [0.3, 0.4) is 0 Å². The van der Waals surface area contributed by atoms with Gasteiger partial charge in [0.15, 0.2) is 0 Å². The monoisotopic (exact) mass is 777 g/mol. The smallest absolute Gasteiger partial charge is 0.306 e. The predicted molar refractivity (Wildman–Crippen MR) is 212 cm³/mol. The van der Waals surface area contributed by atoms with Gasteiger partial charge >= 0.3 is 11.9 Å². The van der Waals surface area contributed by atoms with E-state index in [1.54, 1.807) is 6.07 Å². The van der Waals surface area contributed by atoms with Gasteiger partial charge in [-0.05, 0) is 103 Å². The van der Waals surface area contributed by atoms with Crippen LogP contribution in [0.25, 0.3) is 33.3 Å². The quantitative estimate of drug-likeness (QED) is 0.0781. The number of carbonyl (C=O) groups is 2. The molecule has 1 fully saturated rings. The van der Waals surface area contributed by atoms with Crippen molar-refractivity contribution in [2.75, 3.05) is 26.7 Å². The number of aliphatic carboxylic acids is 2. The molecule has 2 aromatic heterocycles. The number of nitrogens with zero attached hydrogens (tertiary/aromatic N) is 3. The molecule has 1 saturated heterocycles. The number of carboxylic acid groups (broad SMARTS) is 2. The van der Waals surface area contributed by atoms with Crippen molar-refractivity contribution >= 4 is 34.4 Å². The van der Waals surface area contributed by atoms with Crippen LogP contribution in [-0.2, 0) is 29.1 Å². The first-order valence-corrected chi connectivity index (χ1v) is 19.1. The number of pyridine rings is 1. The molecule has 2 aliphatic rings. The maximum Gasteiger partial charge on any atom is 0.306 e. The lowest BCUT2D eigenvalue weighted by Gasteiger charge is -2.30. The molecule has 3 aromatic carbocycles. The zero-order chi connectivity index (χ0) is 39.5. The average Bonchev–Trinajstić information content (AvgIpc) is 3.80. The number of carboxylic acids is 2. The van der Waals surface area contributed by atoms with E-state index in [9.17, 15) is 25.1 Å². The molecule has 13 heteroatoms. The molecular formula is C43H44ClN5O7. The number of methoxy groups -OCH3 is 1. The van der Waals surface area contributed by atoms with Crippen LogP contribution < -0.4 is 14.8 Å². The van der Waals surface area contributed by atoms with E-state index in [0.717, 1.165) is 62.8 Å². The minimum atomic E-state index is -1.08. The molecule has 12 nitrogen and oxygen atoms in total. The summed E-state index contributed by atoms with van der Waals surface area (Å²) in [7, 11) is 1.50. The molecule has 0 radical (unpaired) electrons. The van der Waals surface area contributed by atoms with Gasteiger partial charge in [-0.25, -0.2) is 0 Å². The first kappa shape index (κ1) is 38.8. The summed E-state index contributed by atoms with van der Waals surface area (Å²) in [4.78, 5) is 32.7. The van der Waals surface area contributed by atoms with E-state index in [0.29, 0.717) is 54.5 Å². The number of aromatic nitrogens is 2. The summed E-state index contributed by atoms with van der Waals surface area (Å²) in [6, 6.07) is 22.8. The van der Waals surface area contributed by atoms with Gasteiger partial charge < -0.3 is 35.1 Å². The second-order valence-electron chi connectivity index (χ2n) is 14.6. The highest BCUT2D eigenvalue weighted by atomic mass is 35.5. The first-order chi connectivity index (χ1) is 27.0. The zero-order valence-corrected chi connectivity index (χ0v) is 32.0. The normalized spacial score (nSPS) is 16.4. The third kappa shape index (κ3) is 8.22. The third-order valence-electron chi connectivity index (χ3n) is 10.9. The summed E-state index contributed by atoms with van der Waals surface area (Å²) in [5.74, 6) is -1.52. The number of rotatable bonds is 14. The van der Waals surface area contributed by atoms with Crippen molar-refractivity contribution in [2.45, 2.75) is 64.3 Å². The summed E-state index contributed by atoms with van der Waals surface area (Å²) in [5.41, 5.74) is 10.6. The number of fused-ring (bicyclic) bond motifs is 2. The van der Waals surface area contributed by atoms with Crippen LogP contribution in [-0.4, -0.2) is 75.0 Å². The fourth-order valence-corrected chi connectivity index (χ4v) is 8.32. The fraction of sp³-hybridized carbons (Fsp3) is 0.349. The Hall–Kier alpha value is -5.45. The van der Waals surface area contributed by atoms with E-state index in [2.05, 4.69) is 75.6 Å². The maximum absolute atomic E-state index is 11.4. The minimum absolute atomic E-state index is 0.0821. The van der Waals surface area contributed by atoms with Crippen LogP contribution in [0.15, 0.2) is 60.7 Å². The van der Waals surface area contributed by atoms with Crippen molar-refractivity contribution in [1.82, 2.24) is 20.2 Å². The topological polar surface area (TPSA) is 181 Å². The fourth-order valence-electron chi connectivity index (χ4n) is 8.10. The number of ether oxygens (including phenoxy) is 2. The Labute approximate surface area is 329 Å². The van der Waals surface area contributed by atoms with E-state index in [1.165, 1.54) is 12.7 Å². The number of hydrogen-bond donors (Lipinski definition) is 5. The largest absolute Gasteiger partial charge is 0.481 e. The Bertz CT molecular complexity index is 2330. The lowest BCUT2D eigenvalue weighted by atomic mass is 9.91. The number of likely N-dealkylation sites (tertiary alicyclic amines) is 1. The first-order valence-electron chi connectivity index (χ1n) is 18.8. The van der Waals surface area contributed by atoms with Crippen LogP contribution in [0.5, 0.6) is 11.8 Å². The molecular weight excluding hydrogens is 734 g/mol. The zero-order valence-electron chi connectivity index (χ0n) is 31.3. The van der Waals surface area contributed by atoms with Crippen LogP contribution >= 0.6 is 11.6 Å². The van der Waals surface area contributed by atoms with E-state index in [1.807, 2.05) is 12.1 Å². The summed E-state index contributed by atoms with van der Waals surface area (Å²) >= 11 is 6.67. The molecule has 0 saturated carbocycles. The van der Waals surface area contributed by atoms with Crippen LogP contribution in [0.1, 0.15) is 65.2 Å². The number of aliphatic hydroxyl groups is 1. The number of aromatic amines is 1. The number of aliphatic hydroxyl groups excluding tert-OH is 1. The van der Waals surface area contributed by atoms with Crippen LogP contribution in [0.2, 0.25) is 5.02 Å². The lowest BCUT2D eigenvalue weighted by Crippen LogP contribution is -2.35. The van der Waals surface area contributed by atoms with E-state index in [-0.39, 0.29) is 37.4 Å². The molecule has 5 N–H and O–H groups in total. The van der Waals surface area contributed by atoms with E-state index in [4.69, 9.17) is 26.2 Å². The Morgan fingerprint density at radius 1 is 1.05 bits per heavy atom. The van der Waals surface area contributed by atoms with Gasteiger partial charge in [0.1, 0.15) is 17.2 Å². The molecule has 5 aromatic rings. The highest BCUT2D eigenvalue weighted by Crippen LogP contribution is 2.43. The molecule has 290 valence electrons. The molecule has 1 aliphatic heterocycles. The number of halogens is 1. The Morgan fingerprint density at radius 3 is 2.54 bits per heavy atom. The maximum atomic E-state index is 11.4. The second-order valence-corrected chi connectivity index (χ2v) is 15.0. The van der Waals surface area contributed by atoms with Gasteiger partial charge in [-0.3, -0.25) is 14.5 Å². The van der Waals surface area contributed by atoms with Crippen molar-refractivity contribution in [2.24, 2.45) is 5.92 Å². The number of benzene rings is 3. The molecule has 56 heavy (non-hydrogen) atoms. The van der Waals surface area contributed by atoms with Gasteiger partial charge in [0.2, 0.25) is 11.8 Å². The third-order valence-corrected chi connectivity index (χ3v) is 11.2. The van der Waals surface area contributed by atoms with Gasteiger partial charge in [0.05, 0.1) is 36.6 Å². The number of H-pyrrole nitrogens is 1. The number of nitrogens with one attached hydrogen (secondary N) is 2. The lowest BCUT2D eigenvalue weighted by molar-refractivity contribution is -0.143. The minimum Gasteiger partial charge on any atom is -0.481 e. The van der Waals surface area contributed by atoms with Crippen molar-refractivity contribution in [3.8, 4) is 40.2 Å².